The van der Waals surface area contributed by atoms with Crippen molar-refractivity contribution in [2.24, 2.45) is 5.73 Å². The maximum absolute atomic E-state index is 13.0. The summed E-state index contributed by atoms with van der Waals surface area (Å²) in [6.07, 6.45) is 1.37. The van der Waals surface area contributed by atoms with Crippen molar-refractivity contribution < 1.29 is 37.1 Å². The van der Waals surface area contributed by atoms with Gasteiger partial charge in [0.1, 0.15) is 12.4 Å². The molecule has 0 spiro atoms. The van der Waals surface area contributed by atoms with E-state index in [4.69, 9.17) is 26.8 Å². The number of pyridine rings is 1. The molecule has 4 aromatic rings. The Morgan fingerprint density at radius 1 is 0.894 bits per heavy atom. The van der Waals surface area contributed by atoms with Crippen LogP contribution in [0, 0.1) is 0 Å². The average molecular weight is 680 g/mol. The van der Waals surface area contributed by atoms with Crippen LogP contribution < -0.4 is 30.6 Å². The van der Waals surface area contributed by atoms with Crippen molar-refractivity contribution in [3.63, 3.8) is 0 Å². The van der Waals surface area contributed by atoms with Crippen LogP contribution in [0.4, 0.5) is 0 Å². The number of hydrogen-bond acceptors (Lipinski definition) is 10. The van der Waals surface area contributed by atoms with Crippen molar-refractivity contribution >= 4 is 45.3 Å². The second kappa shape index (κ2) is 15.8. The van der Waals surface area contributed by atoms with E-state index in [1.807, 2.05) is 10.8 Å². The molecule has 0 aliphatic rings. The highest BCUT2D eigenvalue weighted by atomic mass is 35.5. The van der Waals surface area contributed by atoms with E-state index >= 15 is 0 Å². The molecule has 0 aliphatic carbocycles. The highest BCUT2D eigenvalue weighted by Crippen LogP contribution is 2.23. The largest absolute Gasteiger partial charge is 0.497 e. The third-order valence-electron chi connectivity index (χ3n) is 6.58. The molecule has 1 aromatic heterocycles. The van der Waals surface area contributed by atoms with E-state index in [1.165, 1.54) is 25.3 Å². The standard InChI is InChI=1S/C32H30ClN5O8S/c1-45-23-9-12-26(33)25(16-23)31(41)35-14-13-20-7-10-24(11-8-20)47(43,44)38-30(40)22-15-27(46-19-21-5-3-2-4-6-21)29(36-18-22)32(42)37-28(39)17-34/h2-12,15-16,18H,13-14,17,19,34H2,1H3,(H,35,41)(H,38,40)(H,37,39,42). The van der Waals surface area contributed by atoms with Gasteiger partial charge in [-0.2, -0.15) is 0 Å². The molecule has 244 valence electrons. The van der Waals surface area contributed by atoms with Gasteiger partial charge in [0.2, 0.25) is 5.91 Å². The molecule has 0 radical (unpaired) electrons. The van der Waals surface area contributed by atoms with Gasteiger partial charge in [0.25, 0.3) is 27.7 Å². The number of imide groups is 1. The van der Waals surface area contributed by atoms with Crippen molar-refractivity contribution in [3.8, 4) is 11.5 Å². The first-order valence-corrected chi connectivity index (χ1v) is 15.9. The van der Waals surface area contributed by atoms with Crippen LogP contribution in [-0.2, 0) is 27.8 Å². The summed E-state index contributed by atoms with van der Waals surface area (Å²) >= 11 is 6.12. The highest BCUT2D eigenvalue weighted by molar-refractivity contribution is 7.90. The van der Waals surface area contributed by atoms with E-state index < -0.39 is 40.2 Å². The number of hydrogen-bond donors (Lipinski definition) is 4. The van der Waals surface area contributed by atoms with E-state index in [9.17, 15) is 27.6 Å². The van der Waals surface area contributed by atoms with E-state index in [-0.39, 0.29) is 45.6 Å². The molecule has 4 rings (SSSR count). The van der Waals surface area contributed by atoms with Gasteiger partial charge in [-0.15, -0.1) is 0 Å². The predicted molar refractivity (Wildman–Crippen MR) is 172 cm³/mol. The molecule has 0 atom stereocenters. The van der Waals surface area contributed by atoms with Crippen LogP contribution in [0.5, 0.6) is 11.5 Å². The summed E-state index contributed by atoms with van der Waals surface area (Å²) < 4.78 is 38.9. The molecule has 0 unspecified atom stereocenters. The minimum absolute atomic E-state index is 0.0121. The Morgan fingerprint density at radius 2 is 1.62 bits per heavy atom. The summed E-state index contributed by atoms with van der Waals surface area (Å²) in [4.78, 5) is 53.6. The number of nitrogens with one attached hydrogen (secondary N) is 3. The van der Waals surface area contributed by atoms with Crippen molar-refractivity contribution in [2.75, 3.05) is 20.2 Å². The second-order valence-corrected chi connectivity index (χ2v) is 11.9. The number of sulfonamides is 1. The number of nitrogens with zero attached hydrogens (tertiary/aromatic N) is 1. The molecule has 5 N–H and O–H groups in total. The minimum atomic E-state index is -4.32. The van der Waals surface area contributed by atoms with E-state index in [0.717, 1.165) is 23.4 Å². The summed E-state index contributed by atoms with van der Waals surface area (Å²) in [6.45, 7) is -0.214. The van der Waals surface area contributed by atoms with Crippen molar-refractivity contribution in [1.82, 2.24) is 20.3 Å². The molecule has 0 fully saturated rings. The van der Waals surface area contributed by atoms with Crippen LogP contribution >= 0.6 is 11.6 Å². The molecule has 0 aliphatic heterocycles. The number of ether oxygens (including phenoxy) is 2. The van der Waals surface area contributed by atoms with E-state index in [2.05, 4.69) is 15.6 Å². The molecule has 0 saturated carbocycles. The maximum Gasteiger partial charge on any atom is 0.280 e. The smallest absolute Gasteiger partial charge is 0.280 e. The monoisotopic (exact) mass is 679 g/mol. The Balaban J connectivity index is 1.42. The van der Waals surface area contributed by atoms with Gasteiger partial charge in [0.15, 0.2) is 11.4 Å². The summed E-state index contributed by atoms with van der Waals surface area (Å²) in [5.41, 5.74) is 6.46. The summed E-state index contributed by atoms with van der Waals surface area (Å²) in [6, 6.07) is 20.5. The number of amides is 4. The number of aromatic nitrogens is 1. The molecule has 0 saturated heterocycles. The molecular weight excluding hydrogens is 650 g/mol. The number of rotatable bonds is 13. The molecular formula is C32H30ClN5O8S. The first kappa shape index (κ1) is 34.6. The van der Waals surface area contributed by atoms with Crippen LogP contribution in [0.25, 0.3) is 0 Å². The number of methoxy groups -OCH3 is 1. The Morgan fingerprint density at radius 3 is 2.30 bits per heavy atom. The zero-order chi connectivity index (χ0) is 34.0. The Kier molecular flexibility index (Phi) is 11.6. The van der Waals surface area contributed by atoms with Gasteiger partial charge >= 0.3 is 0 Å². The number of nitrogens with two attached hydrogens (primary N) is 1. The fourth-order valence-electron chi connectivity index (χ4n) is 4.12. The maximum atomic E-state index is 13.0. The molecule has 15 heteroatoms. The normalized spacial score (nSPS) is 10.9. The fraction of sp³-hybridized carbons (Fsp3) is 0.156. The van der Waals surface area contributed by atoms with Gasteiger partial charge in [-0.1, -0.05) is 54.1 Å². The highest BCUT2D eigenvalue weighted by Gasteiger charge is 2.23. The number of halogens is 1. The fourth-order valence-corrected chi connectivity index (χ4v) is 5.30. The van der Waals surface area contributed by atoms with Gasteiger partial charge in [-0.05, 0) is 53.9 Å². The van der Waals surface area contributed by atoms with Crippen molar-refractivity contribution in [2.45, 2.75) is 17.9 Å². The lowest BCUT2D eigenvalue weighted by Crippen LogP contribution is -2.36. The van der Waals surface area contributed by atoms with Crippen LogP contribution in [0.1, 0.15) is 42.3 Å². The van der Waals surface area contributed by atoms with Crippen LogP contribution in [0.3, 0.4) is 0 Å². The van der Waals surface area contributed by atoms with Gasteiger partial charge < -0.3 is 20.5 Å². The van der Waals surface area contributed by atoms with Gasteiger partial charge in [-0.25, -0.2) is 18.1 Å². The van der Waals surface area contributed by atoms with Crippen molar-refractivity contribution in [3.05, 3.63) is 118 Å². The Labute approximate surface area is 275 Å². The van der Waals surface area contributed by atoms with Crippen LogP contribution in [-0.4, -0.2) is 57.2 Å². The molecule has 47 heavy (non-hydrogen) atoms. The molecule has 13 nitrogen and oxygen atoms in total. The van der Waals surface area contributed by atoms with Crippen molar-refractivity contribution in [1.29, 1.82) is 0 Å². The van der Waals surface area contributed by atoms with E-state index in [0.29, 0.717) is 12.2 Å². The summed E-state index contributed by atoms with van der Waals surface area (Å²) in [7, 11) is -2.84. The topological polar surface area (TPSA) is 196 Å². The number of carbonyl (C=O) groups excluding carboxylic acids is 4. The summed E-state index contributed by atoms with van der Waals surface area (Å²) in [5.74, 6) is -2.77. The zero-order valence-electron chi connectivity index (χ0n) is 25.0. The first-order chi connectivity index (χ1) is 22.5. The molecule has 0 bridgehead atoms. The lowest BCUT2D eigenvalue weighted by atomic mass is 10.1. The second-order valence-electron chi connectivity index (χ2n) is 9.86. The zero-order valence-corrected chi connectivity index (χ0v) is 26.6. The molecule has 1 heterocycles. The lowest BCUT2D eigenvalue weighted by Gasteiger charge is -2.13. The Hall–Kier alpha value is -5.31. The van der Waals surface area contributed by atoms with Gasteiger partial charge in [-0.3, -0.25) is 24.5 Å². The first-order valence-electron chi connectivity index (χ1n) is 14.0. The Bertz CT molecular complexity index is 1890. The number of benzene rings is 3. The molecule has 4 amide bonds. The van der Waals surface area contributed by atoms with Gasteiger partial charge in [0, 0.05) is 12.7 Å². The quantitative estimate of drug-likeness (QED) is 0.163. The van der Waals surface area contributed by atoms with Crippen LogP contribution in [0.15, 0.2) is 90.0 Å². The third kappa shape index (κ3) is 9.36. The third-order valence-corrected chi connectivity index (χ3v) is 8.26. The number of carbonyl (C=O) groups is 4. The average Bonchev–Trinajstić information content (AvgIpc) is 3.07. The van der Waals surface area contributed by atoms with E-state index in [1.54, 1.807) is 48.5 Å². The minimum Gasteiger partial charge on any atom is -0.497 e. The molecule has 3 aromatic carbocycles. The lowest BCUT2D eigenvalue weighted by molar-refractivity contribution is -0.118. The predicted octanol–water partition coefficient (Wildman–Crippen LogP) is 2.63. The van der Waals surface area contributed by atoms with Crippen LogP contribution in [0.2, 0.25) is 5.02 Å². The SMILES string of the molecule is COc1ccc(Cl)c(C(=O)NCCc2ccc(S(=O)(=O)NC(=O)c3cnc(C(=O)NC(=O)CN)c(OCc4ccccc4)c3)cc2)c1. The van der Waals surface area contributed by atoms with Gasteiger partial charge in [0.05, 0.1) is 34.7 Å². The summed E-state index contributed by atoms with van der Waals surface area (Å²) in [5, 5.41) is 5.08.